The van der Waals surface area contributed by atoms with Crippen molar-refractivity contribution < 1.29 is 18.9 Å². The maximum Gasteiger partial charge on any atom is 0.293 e. The van der Waals surface area contributed by atoms with Crippen LogP contribution < -0.4 is 20.6 Å². The number of hydrogen-bond donors (Lipinski definition) is 2. The van der Waals surface area contributed by atoms with Crippen molar-refractivity contribution in [1.82, 2.24) is 35.6 Å². The third-order valence-corrected chi connectivity index (χ3v) is 6.08. The van der Waals surface area contributed by atoms with Crippen LogP contribution in [0.3, 0.4) is 0 Å². The van der Waals surface area contributed by atoms with E-state index < -0.39 is 5.91 Å². The van der Waals surface area contributed by atoms with Crippen LogP contribution in [0.25, 0.3) is 5.82 Å². The van der Waals surface area contributed by atoms with Gasteiger partial charge in [-0.15, -0.1) is 5.10 Å². The summed E-state index contributed by atoms with van der Waals surface area (Å²) in [5, 5.41) is 19.7. The smallest absolute Gasteiger partial charge is 0.293 e. The number of rotatable bonds is 9. The SMILES string of the molecule is COc1ccc(C=NNC(=O)c2nnn(-c3nonc3N)c2CN(C)C2CCCCC2)c(OC)c1. The van der Waals surface area contributed by atoms with E-state index in [1.807, 2.05) is 7.05 Å². The predicted molar refractivity (Wildman–Crippen MR) is 127 cm³/mol. The van der Waals surface area contributed by atoms with Crippen LogP contribution >= 0.6 is 0 Å². The fourth-order valence-electron chi connectivity index (χ4n) is 4.15. The molecule has 0 spiro atoms. The molecule has 4 rings (SSSR count). The lowest BCUT2D eigenvalue weighted by atomic mass is 9.94. The topological polar surface area (TPSA) is 159 Å². The number of nitrogens with one attached hydrogen (secondary N) is 1. The van der Waals surface area contributed by atoms with Gasteiger partial charge in [0.05, 0.1) is 26.1 Å². The zero-order valence-electron chi connectivity index (χ0n) is 20.0. The quantitative estimate of drug-likeness (QED) is 0.339. The lowest BCUT2D eigenvalue weighted by Gasteiger charge is -2.31. The fourth-order valence-corrected chi connectivity index (χ4v) is 4.15. The summed E-state index contributed by atoms with van der Waals surface area (Å²) in [6.45, 7) is 0.405. The maximum atomic E-state index is 13.0. The van der Waals surface area contributed by atoms with Gasteiger partial charge in [0, 0.05) is 24.2 Å². The average molecular weight is 484 g/mol. The van der Waals surface area contributed by atoms with Crippen LogP contribution in [0.4, 0.5) is 5.82 Å². The highest BCUT2D eigenvalue weighted by atomic mass is 16.6. The highest BCUT2D eigenvalue weighted by molar-refractivity contribution is 5.94. The second kappa shape index (κ2) is 11.0. The van der Waals surface area contributed by atoms with Crippen LogP contribution in [0.1, 0.15) is 53.8 Å². The minimum Gasteiger partial charge on any atom is -0.497 e. The first kappa shape index (κ1) is 24.1. The van der Waals surface area contributed by atoms with Gasteiger partial charge in [-0.25, -0.2) is 10.1 Å². The van der Waals surface area contributed by atoms with Crippen LogP contribution in [0.5, 0.6) is 11.5 Å². The van der Waals surface area contributed by atoms with Crippen LogP contribution in [-0.2, 0) is 6.54 Å². The normalized spacial score (nSPS) is 14.5. The number of anilines is 1. The van der Waals surface area contributed by atoms with Gasteiger partial charge in [-0.05, 0) is 42.3 Å². The molecule has 0 aliphatic heterocycles. The number of nitrogens with two attached hydrogens (primary N) is 1. The molecule has 1 saturated carbocycles. The molecule has 3 N–H and O–H groups in total. The molecule has 13 nitrogen and oxygen atoms in total. The van der Waals surface area contributed by atoms with Gasteiger partial charge < -0.3 is 15.2 Å². The van der Waals surface area contributed by atoms with E-state index in [1.165, 1.54) is 30.2 Å². The molecule has 2 aromatic heterocycles. The second-order valence-corrected chi connectivity index (χ2v) is 8.28. The maximum absolute atomic E-state index is 13.0. The van der Waals surface area contributed by atoms with E-state index in [9.17, 15) is 4.79 Å². The lowest BCUT2D eigenvalue weighted by molar-refractivity contribution is 0.0947. The molecule has 0 unspecified atom stereocenters. The zero-order chi connectivity index (χ0) is 24.8. The van der Waals surface area contributed by atoms with Crippen LogP contribution in [-0.4, -0.2) is 69.6 Å². The van der Waals surface area contributed by atoms with E-state index in [-0.39, 0.29) is 17.3 Å². The standard InChI is InChI=1S/C22H29N9O4/c1-30(15-7-5-4-6-8-15)13-17-19(25-29-31(17)21-20(23)27-35-28-21)22(32)26-24-12-14-9-10-16(33-2)11-18(14)34-3/h9-12,15H,4-8,13H2,1-3H3,(H2,23,27)(H,26,32). The summed E-state index contributed by atoms with van der Waals surface area (Å²) < 4.78 is 16.7. The Kier molecular flexibility index (Phi) is 7.55. The number of hydrazone groups is 1. The molecule has 1 fully saturated rings. The molecule has 0 saturated heterocycles. The Balaban J connectivity index is 1.56. The summed E-state index contributed by atoms with van der Waals surface area (Å²) in [6.07, 6.45) is 7.29. The summed E-state index contributed by atoms with van der Waals surface area (Å²) in [7, 11) is 5.14. The molecule has 0 atom stereocenters. The molecule has 1 amide bonds. The number of carbonyl (C=O) groups excluding carboxylic acids is 1. The van der Waals surface area contributed by atoms with Gasteiger partial charge in [0.1, 0.15) is 11.5 Å². The molecule has 0 bridgehead atoms. The van der Waals surface area contributed by atoms with Crippen molar-refractivity contribution >= 4 is 17.9 Å². The van der Waals surface area contributed by atoms with Crippen molar-refractivity contribution in [1.29, 1.82) is 0 Å². The van der Waals surface area contributed by atoms with Crippen molar-refractivity contribution in [2.45, 2.75) is 44.7 Å². The van der Waals surface area contributed by atoms with E-state index in [1.54, 1.807) is 32.4 Å². The third-order valence-electron chi connectivity index (χ3n) is 6.08. The Morgan fingerprint density at radius 2 is 2.09 bits per heavy atom. The Bertz CT molecular complexity index is 1180. The average Bonchev–Trinajstić information content (AvgIpc) is 3.50. The highest BCUT2D eigenvalue weighted by Gasteiger charge is 2.27. The molecule has 1 aromatic carbocycles. The largest absolute Gasteiger partial charge is 0.497 e. The Morgan fingerprint density at radius 3 is 2.77 bits per heavy atom. The summed E-state index contributed by atoms with van der Waals surface area (Å²) in [5.74, 6) is 0.898. The van der Waals surface area contributed by atoms with Crippen molar-refractivity contribution in [2.75, 3.05) is 27.0 Å². The zero-order valence-corrected chi connectivity index (χ0v) is 20.0. The summed E-state index contributed by atoms with van der Waals surface area (Å²) in [5.41, 5.74) is 9.67. The van der Waals surface area contributed by atoms with Gasteiger partial charge in [0.25, 0.3) is 5.91 Å². The molecule has 1 aliphatic carbocycles. The van der Waals surface area contributed by atoms with E-state index in [0.29, 0.717) is 35.3 Å². The monoisotopic (exact) mass is 483 g/mol. The molecular weight excluding hydrogens is 454 g/mol. The molecular formula is C22H29N9O4. The summed E-state index contributed by atoms with van der Waals surface area (Å²) in [4.78, 5) is 15.2. The highest BCUT2D eigenvalue weighted by Crippen LogP contribution is 2.25. The fraction of sp³-hybridized carbons (Fsp3) is 0.455. The molecule has 2 heterocycles. The van der Waals surface area contributed by atoms with Gasteiger partial charge in [0.15, 0.2) is 5.69 Å². The summed E-state index contributed by atoms with van der Waals surface area (Å²) >= 11 is 0. The number of nitrogen functional groups attached to an aromatic ring is 1. The number of nitrogens with zero attached hydrogens (tertiary/aromatic N) is 7. The Morgan fingerprint density at radius 1 is 1.29 bits per heavy atom. The van der Waals surface area contributed by atoms with Gasteiger partial charge >= 0.3 is 0 Å². The van der Waals surface area contributed by atoms with Gasteiger partial charge in [-0.3, -0.25) is 9.69 Å². The first-order valence-corrected chi connectivity index (χ1v) is 11.3. The molecule has 3 aromatic rings. The molecule has 35 heavy (non-hydrogen) atoms. The lowest BCUT2D eigenvalue weighted by Crippen LogP contribution is -2.34. The number of hydrogen-bond acceptors (Lipinski definition) is 11. The number of aromatic nitrogens is 5. The number of carbonyl (C=O) groups is 1. The second-order valence-electron chi connectivity index (χ2n) is 8.28. The van der Waals surface area contributed by atoms with Crippen molar-refractivity contribution in [3.05, 3.63) is 35.2 Å². The van der Waals surface area contributed by atoms with E-state index in [0.717, 1.165) is 12.8 Å². The molecule has 13 heteroatoms. The van der Waals surface area contributed by atoms with E-state index >= 15 is 0 Å². The van der Waals surface area contributed by atoms with Gasteiger partial charge in [-0.2, -0.15) is 9.78 Å². The first-order valence-electron chi connectivity index (χ1n) is 11.3. The minimum atomic E-state index is -0.526. The van der Waals surface area contributed by atoms with Crippen LogP contribution in [0, 0.1) is 0 Å². The van der Waals surface area contributed by atoms with Crippen molar-refractivity contribution in [2.24, 2.45) is 5.10 Å². The van der Waals surface area contributed by atoms with E-state index in [2.05, 4.69) is 36.1 Å². The number of ether oxygens (including phenoxy) is 2. The van der Waals surface area contributed by atoms with E-state index in [4.69, 9.17) is 19.8 Å². The first-order chi connectivity index (χ1) is 17.0. The van der Waals surface area contributed by atoms with Gasteiger partial charge in [0.2, 0.25) is 11.6 Å². The third kappa shape index (κ3) is 5.40. The Hall–Kier alpha value is -4.00. The predicted octanol–water partition coefficient (Wildman–Crippen LogP) is 1.78. The van der Waals surface area contributed by atoms with Crippen molar-refractivity contribution in [3.8, 4) is 17.3 Å². The molecule has 1 aliphatic rings. The van der Waals surface area contributed by atoms with Crippen LogP contribution in [0.2, 0.25) is 0 Å². The number of amides is 1. The van der Waals surface area contributed by atoms with Gasteiger partial charge in [-0.1, -0.05) is 24.5 Å². The molecule has 0 radical (unpaired) electrons. The minimum absolute atomic E-state index is 0.0491. The van der Waals surface area contributed by atoms with Crippen LogP contribution in [0.15, 0.2) is 27.9 Å². The number of methoxy groups -OCH3 is 2. The Labute approximate surface area is 202 Å². The van der Waals surface area contributed by atoms with Crippen molar-refractivity contribution in [3.63, 3.8) is 0 Å². The molecule has 186 valence electrons. The summed E-state index contributed by atoms with van der Waals surface area (Å²) in [6, 6.07) is 5.67. The number of benzene rings is 1.